The van der Waals surface area contributed by atoms with E-state index in [1.54, 1.807) is 13.0 Å². The molecule has 0 N–H and O–H groups in total. The summed E-state index contributed by atoms with van der Waals surface area (Å²) < 4.78 is 17.9. The van der Waals surface area contributed by atoms with Gasteiger partial charge in [-0.1, -0.05) is 20.8 Å². The Hall–Kier alpha value is -1.38. The van der Waals surface area contributed by atoms with Crippen molar-refractivity contribution in [3.63, 3.8) is 0 Å². The first-order chi connectivity index (χ1) is 7.60. The molecular formula is C13H19FO2. The summed E-state index contributed by atoms with van der Waals surface area (Å²) in [5.74, 6) is -0.845. The summed E-state index contributed by atoms with van der Waals surface area (Å²) >= 11 is 0. The first-order valence-corrected chi connectivity index (χ1v) is 5.47. The Morgan fingerprint density at radius 2 is 1.94 bits per heavy atom. The lowest BCUT2D eigenvalue weighted by Gasteiger charge is -2.07. The van der Waals surface area contributed by atoms with Crippen LogP contribution < -0.4 is 0 Å². The van der Waals surface area contributed by atoms with Gasteiger partial charge < -0.3 is 4.74 Å². The molecule has 0 amide bonds. The predicted molar refractivity (Wildman–Crippen MR) is 63.2 cm³/mol. The third-order valence-electron chi connectivity index (χ3n) is 2.19. The summed E-state index contributed by atoms with van der Waals surface area (Å²) in [5, 5.41) is 0. The average Bonchev–Trinajstić information content (AvgIpc) is 2.30. The first-order valence-electron chi connectivity index (χ1n) is 5.47. The van der Waals surface area contributed by atoms with E-state index in [2.05, 4.69) is 4.74 Å². The second-order valence-corrected chi connectivity index (χ2v) is 3.10. The van der Waals surface area contributed by atoms with Crippen LogP contribution in [-0.4, -0.2) is 13.1 Å². The molecule has 90 valence electrons. The number of aryl methyl sites for hydroxylation is 1. The van der Waals surface area contributed by atoms with Crippen molar-refractivity contribution < 1.29 is 13.9 Å². The standard InChI is InChI=1S/C11H13FO2.C2H6/c1-4-9-7(2)5-8(6-10(9)12)11(13)14-3;1-2/h5-6H,4H2,1-3H3;1-2H3. The Labute approximate surface area is 96.4 Å². The minimum Gasteiger partial charge on any atom is -0.465 e. The highest BCUT2D eigenvalue weighted by Gasteiger charge is 2.11. The third kappa shape index (κ3) is 3.33. The summed E-state index contributed by atoms with van der Waals surface area (Å²) in [6.07, 6.45) is 0.624. The first kappa shape index (κ1) is 14.6. The van der Waals surface area contributed by atoms with Crippen molar-refractivity contribution in [2.24, 2.45) is 0 Å². The molecule has 2 nitrogen and oxygen atoms in total. The van der Waals surface area contributed by atoms with E-state index in [0.29, 0.717) is 12.0 Å². The van der Waals surface area contributed by atoms with Crippen LogP contribution in [0.25, 0.3) is 0 Å². The van der Waals surface area contributed by atoms with Gasteiger partial charge in [0.2, 0.25) is 0 Å². The van der Waals surface area contributed by atoms with Gasteiger partial charge in [-0.15, -0.1) is 0 Å². The van der Waals surface area contributed by atoms with E-state index in [4.69, 9.17) is 0 Å². The molecule has 0 bridgehead atoms. The molecular weight excluding hydrogens is 207 g/mol. The topological polar surface area (TPSA) is 26.3 Å². The van der Waals surface area contributed by atoms with Crippen molar-refractivity contribution in [3.8, 4) is 0 Å². The van der Waals surface area contributed by atoms with Crippen LogP contribution in [0.1, 0.15) is 42.3 Å². The van der Waals surface area contributed by atoms with Gasteiger partial charge in [-0.05, 0) is 36.6 Å². The summed E-state index contributed by atoms with van der Waals surface area (Å²) in [7, 11) is 1.28. The molecule has 0 unspecified atom stereocenters. The number of halogens is 1. The third-order valence-corrected chi connectivity index (χ3v) is 2.19. The lowest BCUT2D eigenvalue weighted by molar-refractivity contribution is 0.0600. The quantitative estimate of drug-likeness (QED) is 0.721. The molecule has 1 rings (SSSR count). The Balaban J connectivity index is 0.00000106. The molecule has 0 spiro atoms. The smallest absolute Gasteiger partial charge is 0.337 e. The van der Waals surface area contributed by atoms with Crippen molar-refractivity contribution in [1.82, 2.24) is 0 Å². The van der Waals surface area contributed by atoms with Crippen molar-refractivity contribution in [2.45, 2.75) is 34.1 Å². The molecule has 0 aliphatic rings. The number of carbonyl (C=O) groups is 1. The fraction of sp³-hybridized carbons (Fsp3) is 0.462. The number of hydrogen-bond acceptors (Lipinski definition) is 2. The molecule has 0 atom stereocenters. The van der Waals surface area contributed by atoms with E-state index in [-0.39, 0.29) is 11.4 Å². The second-order valence-electron chi connectivity index (χ2n) is 3.10. The van der Waals surface area contributed by atoms with E-state index in [1.165, 1.54) is 13.2 Å². The van der Waals surface area contributed by atoms with Crippen LogP contribution in [0.3, 0.4) is 0 Å². The van der Waals surface area contributed by atoms with Crippen LogP contribution in [0, 0.1) is 12.7 Å². The normalized spacial score (nSPS) is 9.12. The van der Waals surface area contributed by atoms with Crippen LogP contribution in [-0.2, 0) is 11.2 Å². The van der Waals surface area contributed by atoms with Gasteiger partial charge in [0.15, 0.2) is 0 Å². The molecule has 1 aromatic carbocycles. The molecule has 16 heavy (non-hydrogen) atoms. The van der Waals surface area contributed by atoms with Gasteiger partial charge in [-0.3, -0.25) is 0 Å². The molecule has 0 heterocycles. The Morgan fingerprint density at radius 3 is 2.31 bits per heavy atom. The monoisotopic (exact) mass is 226 g/mol. The maximum atomic E-state index is 13.4. The highest BCUT2D eigenvalue weighted by atomic mass is 19.1. The van der Waals surface area contributed by atoms with Gasteiger partial charge in [-0.2, -0.15) is 0 Å². The van der Waals surface area contributed by atoms with Gasteiger partial charge in [0.1, 0.15) is 5.82 Å². The Kier molecular flexibility index (Phi) is 6.38. The van der Waals surface area contributed by atoms with Crippen LogP contribution in [0.5, 0.6) is 0 Å². The highest BCUT2D eigenvalue weighted by molar-refractivity contribution is 5.89. The van der Waals surface area contributed by atoms with Gasteiger partial charge in [-0.25, -0.2) is 9.18 Å². The molecule has 0 radical (unpaired) electrons. The number of benzene rings is 1. The summed E-state index contributed by atoms with van der Waals surface area (Å²) in [4.78, 5) is 11.1. The fourth-order valence-corrected chi connectivity index (χ4v) is 1.46. The predicted octanol–water partition coefficient (Wildman–Crippen LogP) is 3.51. The molecule has 0 fully saturated rings. The molecule has 3 heteroatoms. The number of ether oxygens (including phenoxy) is 1. The Bertz CT molecular complexity index is 336. The van der Waals surface area contributed by atoms with Gasteiger partial charge in [0, 0.05) is 0 Å². The van der Waals surface area contributed by atoms with Crippen molar-refractivity contribution in [3.05, 3.63) is 34.6 Å². The van der Waals surface area contributed by atoms with Crippen molar-refractivity contribution >= 4 is 5.97 Å². The second kappa shape index (κ2) is 6.99. The zero-order valence-corrected chi connectivity index (χ0v) is 10.6. The number of methoxy groups -OCH3 is 1. The lowest BCUT2D eigenvalue weighted by Crippen LogP contribution is -2.04. The summed E-state index contributed by atoms with van der Waals surface area (Å²) in [5.41, 5.74) is 1.70. The van der Waals surface area contributed by atoms with E-state index in [1.807, 2.05) is 20.8 Å². The molecule has 0 aliphatic carbocycles. The minimum atomic E-state index is -0.505. The van der Waals surface area contributed by atoms with Crippen LogP contribution in [0.15, 0.2) is 12.1 Å². The molecule has 0 saturated heterocycles. The molecule has 1 aromatic rings. The SMILES string of the molecule is CC.CCc1c(C)cc(C(=O)OC)cc1F. The molecule has 0 aliphatic heterocycles. The largest absolute Gasteiger partial charge is 0.465 e. The van der Waals surface area contributed by atoms with Gasteiger partial charge >= 0.3 is 5.97 Å². The number of esters is 1. The summed E-state index contributed by atoms with van der Waals surface area (Å²) in [6, 6.07) is 2.87. The maximum Gasteiger partial charge on any atom is 0.337 e. The molecule has 0 saturated carbocycles. The maximum absolute atomic E-state index is 13.4. The number of hydrogen-bond donors (Lipinski definition) is 0. The molecule has 0 aromatic heterocycles. The zero-order valence-electron chi connectivity index (χ0n) is 10.6. The zero-order chi connectivity index (χ0) is 12.7. The van der Waals surface area contributed by atoms with Crippen LogP contribution in [0.2, 0.25) is 0 Å². The van der Waals surface area contributed by atoms with E-state index >= 15 is 0 Å². The van der Waals surface area contributed by atoms with E-state index < -0.39 is 5.97 Å². The Morgan fingerprint density at radius 1 is 1.38 bits per heavy atom. The highest BCUT2D eigenvalue weighted by Crippen LogP contribution is 2.17. The lowest BCUT2D eigenvalue weighted by atomic mass is 10.0. The van der Waals surface area contributed by atoms with Crippen molar-refractivity contribution in [1.29, 1.82) is 0 Å². The van der Waals surface area contributed by atoms with E-state index in [9.17, 15) is 9.18 Å². The minimum absolute atomic E-state index is 0.264. The number of rotatable bonds is 2. The fourth-order valence-electron chi connectivity index (χ4n) is 1.46. The van der Waals surface area contributed by atoms with E-state index in [0.717, 1.165) is 5.56 Å². The van der Waals surface area contributed by atoms with Crippen molar-refractivity contribution in [2.75, 3.05) is 7.11 Å². The van der Waals surface area contributed by atoms with Crippen LogP contribution in [0.4, 0.5) is 4.39 Å². The van der Waals surface area contributed by atoms with Gasteiger partial charge in [0.05, 0.1) is 12.7 Å². The number of carbonyl (C=O) groups excluding carboxylic acids is 1. The average molecular weight is 226 g/mol. The van der Waals surface area contributed by atoms with Crippen LogP contribution >= 0.6 is 0 Å². The van der Waals surface area contributed by atoms with Gasteiger partial charge in [0.25, 0.3) is 0 Å². The summed E-state index contributed by atoms with van der Waals surface area (Å²) in [6.45, 7) is 7.66.